The number of carbonyl (C=O) groups excluding carboxylic acids is 2. The molecule has 1 aromatic heterocycles. The molecule has 0 unspecified atom stereocenters. The number of thiophene rings is 1. The van der Waals surface area contributed by atoms with E-state index in [0.717, 1.165) is 21.9 Å². The summed E-state index contributed by atoms with van der Waals surface area (Å²) in [4.78, 5) is 28.5. The minimum Gasteiger partial charge on any atom is -0.497 e. The standard InChI is InChI=1S/C24H22N2O4S/c1-3-30-19-12-8-17(9-13-19)25-22-21(20-5-4-14-31-20)23(27)26(24(22)28)15-16-6-10-18(29-2)11-7-16/h4-14,25H,3,15H2,1-2H3. The van der Waals surface area contributed by atoms with Gasteiger partial charge in [0.15, 0.2) is 0 Å². The molecule has 2 amide bonds. The highest BCUT2D eigenvalue weighted by atomic mass is 32.1. The van der Waals surface area contributed by atoms with Gasteiger partial charge in [-0.2, -0.15) is 0 Å². The number of benzene rings is 2. The zero-order valence-electron chi connectivity index (χ0n) is 17.3. The van der Waals surface area contributed by atoms with Gasteiger partial charge in [-0.1, -0.05) is 18.2 Å². The van der Waals surface area contributed by atoms with E-state index in [1.54, 1.807) is 7.11 Å². The Kier molecular flexibility index (Phi) is 6.04. The Morgan fingerprint density at radius 3 is 2.26 bits per heavy atom. The van der Waals surface area contributed by atoms with E-state index in [1.807, 2.05) is 73.0 Å². The van der Waals surface area contributed by atoms with Crippen LogP contribution in [0.4, 0.5) is 5.69 Å². The predicted molar refractivity (Wildman–Crippen MR) is 121 cm³/mol. The van der Waals surface area contributed by atoms with Gasteiger partial charge in [0.05, 0.1) is 25.8 Å². The number of carbonyl (C=O) groups is 2. The van der Waals surface area contributed by atoms with E-state index in [1.165, 1.54) is 16.2 Å². The first-order valence-electron chi connectivity index (χ1n) is 9.88. The number of amides is 2. The van der Waals surface area contributed by atoms with Gasteiger partial charge in [-0.3, -0.25) is 14.5 Å². The van der Waals surface area contributed by atoms with Gasteiger partial charge in [0.1, 0.15) is 17.2 Å². The van der Waals surface area contributed by atoms with Crippen LogP contribution in [0.2, 0.25) is 0 Å². The summed E-state index contributed by atoms with van der Waals surface area (Å²) in [6.45, 7) is 2.68. The molecule has 0 radical (unpaired) electrons. The van der Waals surface area contributed by atoms with Crippen LogP contribution < -0.4 is 14.8 Å². The van der Waals surface area contributed by atoms with Crippen molar-refractivity contribution in [3.05, 3.63) is 82.2 Å². The number of imide groups is 1. The molecule has 0 fully saturated rings. The predicted octanol–water partition coefficient (Wildman–Crippen LogP) is 4.55. The van der Waals surface area contributed by atoms with Gasteiger partial charge in [-0.25, -0.2) is 0 Å². The Bertz CT molecular complexity index is 1100. The zero-order chi connectivity index (χ0) is 21.8. The van der Waals surface area contributed by atoms with Crippen LogP contribution in [-0.2, 0) is 16.1 Å². The molecule has 0 spiro atoms. The zero-order valence-corrected chi connectivity index (χ0v) is 18.1. The fourth-order valence-corrected chi connectivity index (χ4v) is 4.11. The topological polar surface area (TPSA) is 67.9 Å². The third kappa shape index (κ3) is 4.32. The van der Waals surface area contributed by atoms with E-state index >= 15 is 0 Å². The van der Waals surface area contributed by atoms with Crippen LogP contribution in [0.25, 0.3) is 5.57 Å². The lowest BCUT2D eigenvalue weighted by atomic mass is 10.1. The molecule has 0 saturated heterocycles. The van der Waals surface area contributed by atoms with E-state index in [4.69, 9.17) is 9.47 Å². The summed E-state index contributed by atoms with van der Waals surface area (Å²) in [6.07, 6.45) is 0. The van der Waals surface area contributed by atoms with E-state index < -0.39 is 0 Å². The average Bonchev–Trinajstić information content (AvgIpc) is 3.39. The second kappa shape index (κ2) is 9.06. The Balaban J connectivity index is 1.63. The van der Waals surface area contributed by atoms with Crippen molar-refractivity contribution in [2.45, 2.75) is 13.5 Å². The fourth-order valence-electron chi connectivity index (χ4n) is 3.34. The molecule has 6 nitrogen and oxygen atoms in total. The van der Waals surface area contributed by atoms with Crippen LogP contribution in [0.3, 0.4) is 0 Å². The number of nitrogens with one attached hydrogen (secondary N) is 1. The van der Waals surface area contributed by atoms with Crippen molar-refractivity contribution in [3.8, 4) is 11.5 Å². The van der Waals surface area contributed by atoms with Gasteiger partial charge in [0.25, 0.3) is 11.8 Å². The van der Waals surface area contributed by atoms with Gasteiger partial charge < -0.3 is 14.8 Å². The lowest BCUT2D eigenvalue weighted by molar-refractivity contribution is -0.137. The molecular weight excluding hydrogens is 412 g/mol. The summed E-state index contributed by atoms with van der Waals surface area (Å²) in [5.41, 5.74) is 2.22. The summed E-state index contributed by atoms with van der Waals surface area (Å²) in [6, 6.07) is 18.3. The number of ether oxygens (including phenoxy) is 2. The van der Waals surface area contributed by atoms with Crippen LogP contribution >= 0.6 is 11.3 Å². The smallest absolute Gasteiger partial charge is 0.278 e. The number of rotatable bonds is 8. The number of nitrogens with zero attached hydrogens (tertiary/aromatic N) is 1. The van der Waals surface area contributed by atoms with Crippen LogP contribution in [-0.4, -0.2) is 30.4 Å². The molecular formula is C24H22N2O4S. The number of hydrogen-bond donors (Lipinski definition) is 1. The van der Waals surface area contributed by atoms with E-state index in [9.17, 15) is 9.59 Å². The highest BCUT2D eigenvalue weighted by Gasteiger charge is 2.39. The van der Waals surface area contributed by atoms with E-state index in [-0.39, 0.29) is 24.1 Å². The van der Waals surface area contributed by atoms with Crippen LogP contribution in [0.1, 0.15) is 17.4 Å². The largest absolute Gasteiger partial charge is 0.497 e. The van der Waals surface area contributed by atoms with E-state index in [2.05, 4.69) is 5.32 Å². The Hall–Kier alpha value is -3.58. The molecule has 0 atom stereocenters. The molecule has 0 bridgehead atoms. The van der Waals surface area contributed by atoms with Crippen LogP contribution in [0, 0.1) is 0 Å². The molecule has 7 heteroatoms. The quantitative estimate of drug-likeness (QED) is 0.527. The highest BCUT2D eigenvalue weighted by Crippen LogP contribution is 2.34. The molecule has 2 aromatic carbocycles. The van der Waals surface area contributed by atoms with Gasteiger partial charge in [-0.15, -0.1) is 11.3 Å². The molecule has 0 saturated carbocycles. The molecule has 2 heterocycles. The first kappa shape index (κ1) is 20.7. The van der Waals surface area contributed by atoms with Crippen molar-refractivity contribution in [3.63, 3.8) is 0 Å². The molecule has 31 heavy (non-hydrogen) atoms. The first-order valence-corrected chi connectivity index (χ1v) is 10.8. The molecule has 158 valence electrons. The van der Waals surface area contributed by atoms with Gasteiger partial charge in [-0.05, 0) is 60.3 Å². The molecule has 1 N–H and O–H groups in total. The van der Waals surface area contributed by atoms with Crippen molar-refractivity contribution < 1.29 is 19.1 Å². The summed E-state index contributed by atoms with van der Waals surface area (Å²) in [7, 11) is 1.60. The summed E-state index contributed by atoms with van der Waals surface area (Å²) in [5, 5.41) is 5.05. The van der Waals surface area contributed by atoms with Crippen molar-refractivity contribution in [2.24, 2.45) is 0 Å². The van der Waals surface area contributed by atoms with Gasteiger partial charge >= 0.3 is 0 Å². The average molecular weight is 435 g/mol. The normalized spacial score (nSPS) is 13.7. The molecule has 3 aromatic rings. The lowest BCUT2D eigenvalue weighted by Crippen LogP contribution is -2.31. The highest BCUT2D eigenvalue weighted by molar-refractivity contribution is 7.11. The molecule has 1 aliphatic heterocycles. The Morgan fingerprint density at radius 1 is 0.935 bits per heavy atom. The maximum absolute atomic E-state index is 13.3. The van der Waals surface area contributed by atoms with Crippen molar-refractivity contribution in [1.29, 1.82) is 0 Å². The minimum atomic E-state index is -0.349. The summed E-state index contributed by atoms with van der Waals surface area (Å²) >= 11 is 1.43. The maximum atomic E-state index is 13.3. The van der Waals surface area contributed by atoms with Gasteiger partial charge in [0.2, 0.25) is 0 Å². The molecule has 4 rings (SSSR count). The van der Waals surface area contributed by atoms with Gasteiger partial charge in [0, 0.05) is 10.6 Å². The van der Waals surface area contributed by atoms with Crippen LogP contribution in [0.15, 0.2) is 71.7 Å². The second-order valence-electron chi connectivity index (χ2n) is 6.85. The van der Waals surface area contributed by atoms with E-state index in [0.29, 0.717) is 17.9 Å². The van der Waals surface area contributed by atoms with Crippen LogP contribution in [0.5, 0.6) is 11.5 Å². The van der Waals surface area contributed by atoms with Crippen molar-refractivity contribution in [1.82, 2.24) is 4.90 Å². The molecule has 0 aliphatic carbocycles. The fraction of sp³-hybridized carbons (Fsp3) is 0.167. The summed E-state index contributed by atoms with van der Waals surface area (Å²) < 4.78 is 10.7. The number of anilines is 1. The third-order valence-corrected chi connectivity index (χ3v) is 5.76. The Labute approximate surface area is 184 Å². The monoisotopic (exact) mass is 434 g/mol. The number of hydrogen-bond acceptors (Lipinski definition) is 6. The minimum absolute atomic E-state index is 0.186. The summed E-state index contributed by atoms with van der Waals surface area (Å²) in [5.74, 6) is 0.809. The Morgan fingerprint density at radius 2 is 1.65 bits per heavy atom. The lowest BCUT2D eigenvalue weighted by Gasteiger charge is -2.15. The molecule has 1 aliphatic rings. The van der Waals surface area contributed by atoms with Crippen molar-refractivity contribution in [2.75, 3.05) is 19.0 Å². The maximum Gasteiger partial charge on any atom is 0.278 e. The number of methoxy groups -OCH3 is 1. The second-order valence-corrected chi connectivity index (χ2v) is 7.80. The first-order chi connectivity index (χ1) is 15.1. The SMILES string of the molecule is CCOc1ccc(NC2=C(c3cccs3)C(=O)N(Cc3ccc(OC)cc3)C2=O)cc1. The van der Waals surface area contributed by atoms with Crippen molar-refractivity contribution >= 4 is 34.4 Å². The third-order valence-electron chi connectivity index (χ3n) is 4.87.